The average molecular weight is 280 g/mol. The highest BCUT2D eigenvalue weighted by Gasteiger charge is 2.04. The molecule has 0 saturated heterocycles. The van der Waals surface area contributed by atoms with Crippen molar-refractivity contribution in [3.63, 3.8) is 0 Å². The molecule has 0 amide bonds. The van der Waals surface area contributed by atoms with E-state index in [2.05, 4.69) is 22.9 Å². The van der Waals surface area contributed by atoms with Crippen molar-refractivity contribution in [1.29, 1.82) is 0 Å². The van der Waals surface area contributed by atoms with Crippen LogP contribution in [0.25, 0.3) is 0 Å². The Labute approximate surface area is 97.6 Å². The Morgan fingerprint density at radius 3 is 2.79 bits per heavy atom. The van der Waals surface area contributed by atoms with Crippen molar-refractivity contribution in [2.75, 3.05) is 5.33 Å². The maximum atomic E-state index is 12.7. The van der Waals surface area contributed by atoms with Gasteiger partial charge in [-0.1, -0.05) is 40.5 Å². The Hall–Kier alpha value is -0.0800. The number of hydrogen-bond acceptors (Lipinski definition) is 0. The van der Waals surface area contributed by atoms with Gasteiger partial charge in [-0.3, -0.25) is 0 Å². The summed E-state index contributed by atoms with van der Waals surface area (Å²) >= 11 is 9.33. The van der Waals surface area contributed by atoms with Gasteiger partial charge in [0.25, 0.3) is 0 Å². The molecule has 0 aliphatic rings. The van der Waals surface area contributed by atoms with Gasteiger partial charge in [0, 0.05) is 10.4 Å². The van der Waals surface area contributed by atoms with E-state index in [1.807, 2.05) is 0 Å². The van der Waals surface area contributed by atoms with Crippen molar-refractivity contribution in [2.24, 2.45) is 5.92 Å². The SMILES string of the molecule is CC(CBr)CCc1ccc(F)cc1Cl. The topological polar surface area (TPSA) is 0 Å². The fraction of sp³-hybridized carbons (Fsp3) is 0.455. The monoisotopic (exact) mass is 278 g/mol. The van der Waals surface area contributed by atoms with Crippen LogP contribution in [0.4, 0.5) is 4.39 Å². The minimum Gasteiger partial charge on any atom is -0.207 e. The van der Waals surface area contributed by atoms with Crippen LogP contribution in [0.3, 0.4) is 0 Å². The van der Waals surface area contributed by atoms with E-state index in [9.17, 15) is 4.39 Å². The summed E-state index contributed by atoms with van der Waals surface area (Å²) in [4.78, 5) is 0. The van der Waals surface area contributed by atoms with E-state index in [0.717, 1.165) is 23.7 Å². The summed E-state index contributed by atoms with van der Waals surface area (Å²) in [5.41, 5.74) is 1.03. The first-order chi connectivity index (χ1) is 6.63. The minimum atomic E-state index is -0.271. The van der Waals surface area contributed by atoms with E-state index in [0.29, 0.717) is 10.9 Å². The predicted octanol–water partition coefficient (Wildman–Crippen LogP) is 4.44. The average Bonchev–Trinajstić information content (AvgIpc) is 2.16. The molecular formula is C11H13BrClF. The predicted molar refractivity (Wildman–Crippen MR) is 62.7 cm³/mol. The quantitative estimate of drug-likeness (QED) is 0.715. The molecule has 0 aliphatic carbocycles. The van der Waals surface area contributed by atoms with Crippen LogP contribution >= 0.6 is 27.5 Å². The largest absolute Gasteiger partial charge is 0.207 e. The first kappa shape index (κ1) is 12.0. The summed E-state index contributed by atoms with van der Waals surface area (Å²) in [6, 6.07) is 4.59. The summed E-state index contributed by atoms with van der Waals surface area (Å²) in [5, 5.41) is 1.53. The molecule has 0 nitrogen and oxygen atoms in total. The fourth-order valence-corrected chi connectivity index (χ4v) is 1.79. The van der Waals surface area contributed by atoms with Crippen LogP contribution in [0, 0.1) is 11.7 Å². The van der Waals surface area contributed by atoms with Crippen molar-refractivity contribution >= 4 is 27.5 Å². The highest BCUT2D eigenvalue weighted by molar-refractivity contribution is 9.09. The third kappa shape index (κ3) is 3.58. The molecule has 0 aliphatic heterocycles. The number of hydrogen-bond donors (Lipinski definition) is 0. The maximum Gasteiger partial charge on any atom is 0.124 e. The molecule has 1 rings (SSSR count). The second-order valence-corrected chi connectivity index (χ2v) is 4.59. The molecule has 3 heteroatoms. The molecular weight excluding hydrogens is 266 g/mol. The number of rotatable bonds is 4. The van der Waals surface area contributed by atoms with Crippen molar-refractivity contribution in [3.05, 3.63) is 34.6 Å². The van der Waals surface area contributed by atoms with Gasteiger partial charge in [0.2, 0.25) is 0 Å². The van der Waals surface area contributed by atoms with Crippen LogP contribution in [-0.4, -0.2) is 5.33 Å². The van der Waals surface area contributed by atoms with Gasteiger partial charge in [-0.05, 0) is 36.5 Å². The molecule has 0 saturated carbocycles. The number of alkyl halides is 1. The smallest absolute Gasteiger partial charge is 0.124 e. The lowest BCUT2D eigenvalue weighted by Crippen LogP contribution is -1.98. The molecule has 78 valence electrons. The lowest BCUT2D eigenvalue weighted by molar-refractivity contribution is 0.597. The third-order valence-corrected chi connectivity index (χ3v) is 3.64. The lowest BCUT2D eigenvalue weighted by Gasteiger charge is -2.08. The summed E-state index contributed by atoms with van der Waals surface area (Å²) in [6.45, 7) is 2.17. The summed E-state index contributed by atoms with van der Waals surface area (Å²) < 4.78 is 12.7. The zero-order valence-corrected chi connectivity index (χ0v) is 10.4. The van der Waals surface area contributed by atoms with E-state index in [1.54, 1.807) is 6.07 Å². The van der Waals surface area contributed by atoms with Crippen LogP contribution in [0.5, 0.6) is 0 Å². The highest BCUT2D eigenvalue weighted by atomic mass is 79.9. The Morgan fingerprint density at radius 2 is 2.21 bits per heavy atom. The van der Waals surface area contributed by atoms with Gasteiger partial charge in [-0.25, -0.2) is 4.39 Å². The number of halogens is 3. The molecule has 1 unspecified atom stereocenters. The van der Waals surface area contributed by atoms with Gasteiger partial charge in [0.05, 0.1) is 0 Å². The Morgan fingerprint density at radius 1 is 1.50 bits per heavy atom. The standard InChI is InChI=1S/C11H13BrClF/c1-8(7-12)2-3-9-4-5-10(14)6-11(9)13/h4-6,8H,2-3,7H2,1H3. The van der Waals surface area contributed by atoms with Crippen molar-refractivity contribution in [2.45, 2.75) is 19.8 Å². The van der Waals surface area contributed by atoms with Crippen LogP contribution in [-0.2, 0) is 6.42 Å². The zero-order valence-electron chi connectivity index (χ0n) is 8.06. The molecule has 0 heterocycles. The number of benzene rings is 1. The van der Waals surface area contributed by atoms with E-state index >= 15 is 0 Å². The molecule has 1 atom stereocenters. The second-order valence-electron chi connectivity index (χ2n) is 3.53. The normalized spacial score (nSPS) is 12.9. The van der Waals surface area contributed by atoms with Gasteiger partial charge in [-0.15, -0.1) is 0 Å². The van der Waals surface area contributed by atoms with Gasteiger partial charge in [0.1, 0.15) is 5.82 Å². The van der Waals surface area contributed by atoms with E-state index in [1.165, 1.54) is 12.1 Å². The summed E-state index contributed by atoms with van der Waals surface area (Å²) in [7, 11) is 0. The molecule has 0 N–H and O–H groups in total. The van der Waals surface area contributed by atoms with Crippen LogP contribution in [0.15, 0.2) is 18.2 Å². The molecule has 0 aromatic heterocycles. The molecule has 0 spiro atoms. The lowest BCUT2D eigenvalue weighted by atomic mass is 10.0. The molecule has 1 aromatic carbocycles. The summed E-state index contributed by atoms with van der Waals surface area (Å²) in [6.07, 6.45) is 1.97. The second kappa shape index (κ2) is 5.72. The van der Waals surface area contributed by atoms with Gasteiger partial charge in [-0.2, -0.15) is 0 Å². The van der Waals surface area contributed by atoms with E-state index in [4.69, 9.17) is 11.6 Å². The van der Waals surface area contributed by atoms with E-state index < -0.39 is 0 Å². The molecule has 14 heavy (non-hydrogen) atoms. The minimum absolute atomic E-state index is 0.271. The van der Waals surface area contributed by atoms with Gasteiger partial charge >= 0.3 is 0 Å². The Bertz CT molecular complexity index is 301. The number of aryl methyl sites for hydroxylation is 1. The molecule has 0 fully saturated rings. The van der Waals surface area contributed by atoms with Crippen LogP contribution in [0.1, 0.15) is 18.9 Å². The van der Waals surface area contributed by atoms with Crippen molar-refractivity contribution in [3.8, 4) is 0 Å². The van der Waals surface area contributed by atoms with Crippen molar-refractivity contribution < 1.29 is 4.39 Å². The first-order valence-electron chi connectivity index (χ1n) is 4.63. The first-order valence-corrected chi connectivity index (χ1v) is 6.13. The van der Waals surface area contributed by atoms with Crippen LogP contribution in [0.2, 0.25) is 5.02 Å². The molecule has 1 aromatic rings. The maximum absolute atomic E-state index is 12.7. The molecule has 0 radical (unpaired) electrons. The Kier molecular flexibility index (Phi) is 4.90. The van der Waals surface area contributed by atoms with Crippen LogP contribution < -0.4 is 0 Å². The summed E-state index contributed by atoms with van der Waals surface area (Å²) in [5.74, 6) is 0.350. The zero-order chi connectivity index (χ0) is 10.6. The molecule has 0 bridgehead atoms. The van der Waals surface area contributed by atoms with Gasteiger partial charge in [0.15, 0.2) is 0 Å². The Balaban J connectivity index is 2.59. The van der Waals surface area contributed by atoms with Gasteiger partial charge < -0.3 is 0 Å². The van der Waals surface area contributed by atoms with Crippen molar-refractivity contribution in [1.82, 2.24) is 0 Å². The highest BCUT2D eigenvalue weighted by Crippen LogP contribution is 2.20. The third-order valence-electron chi connectivity index (χ3n) is 2.18. The van der Waals surface area contributed by atoms with E-state index in [-0.39, 0.29) is 5.82 Å². The fourth-order valence-electron chi connectivity index (χ4n) is 1.20.